The van der Waals surface area contributed by atoms with E-state index in [2.05, 4.69) is 47.4 Å². The maximum atomic E-state index is 12.6. The van der Waals surface area contributed by atoms with Crippen molar-refractivity contribution in [2.45, 2.75) is 40.2 Å². The molecule has 2 aliphatic rings. The van der Waals surface area contributed by atoms with E-state index in [1.54, 1.807) is 11.3 Å². The number of aliphatic imine (C=N–C) groups is 1. The second-order valence-corrected chi connectivity index (χ2v) is 8.44. The van der Waals surface area contributed by atoms with Crippen LogP contribution in [-0.2, 0) is 17.8 Å². The number of rotatable bonds is 3. The Kier molecular flexibility index (Phi) is 5.13. The number of guanidine groups is 1. The molecule has 0 atom stereocenters. The Hall–Kier alpha value is -1.56. The lowest BCUT2D eigenvalue weighted by molar-refractivity contribution is -0.130. The molecule has 0 bridgehead atoms. The summed E-state index contributed by atoms with van der Waals surface area (Å²) in [4.78, 5) is 22.8. The zero-order valence-electron chi connectivity index (χ0n) is 15.0. The van der Waals surface area contributed by atoms with Crippen LogP contribution in [0, 0.1) is 5.41 Å². The number of thiophene rings is 1. The van der Waals surface area contributed by atoms with Crippen LogP contribution in [0.25, 0.3) is 0 Å². The predicted octanol–water partition coefficient (Wildman–Crippen LogP) is 2.33. The van der Waals surface area contributed by atoms with Crippen LogP contribution >= 0.6 is 11.3 Å². The molecule has 3 rings (SSSR count). The lowest BCUT2D eigenvalue weighted by Gasteiger charge is -2.27. The Morgan fingerprint density at radius 2 is 2.21 bits per heavy atom. The topological polar surface area (TPSA) is 47.9 Å². The Morgan fingerprint density at radius 3 is 2.92 bits per heavy atom. The molecular weight excluding hydrogens is 320 g/mol. The average Bonchev–Trinajstić information content (AvgIpc) is 3.16. The largest absolute Gasteiger partial charge is 0.357 e. The Bertz CT molecular complexity index is 622. The van der Waals surface area contributed by atoms with Gasteiger partial charge in [-0.15, -0.1) is 11.3 Å². The van der Waals surface area contributed by atoms with Crippen LogP contribution in [0.1, 0.15) is 37.6 Å². The van der Waals surface area contributed by atoms with Gasteiger partial charge in [0.05, 0.1) is 0 Å². The molecule has 1 amide bonds. The van der Waals surface area contributed by atoms with Crippen molar-refractivity contribution < 1.29 is 4.79 Å². The van der Waals surface area contributed by atoms with E-state index in [4.69, 9.17) is 0 Å². The first-order valence-electron chi connectivity index (χ1n) is 8.85. The zero-order valence-corrected chi connectivity index (χ0v) is 15.8. The molecule has 1 aromatic rings. The molecule has 0 spiro atoms. The number of likely N-dealkylation sites (tertiary alicyclic amines) is 1. The molecule has 1 N–H and O–H groups in total. The van der Waals surface area contributed by atoms with Gasteiger partial charge in [-0.1, -0.05) is 13.8 Å². The monoisotopic (exact) mass is 348 g/mol. The summed E-state index contributed by atoms with van der Waals surface area (Å²) in [7, 11) is 0. The number of hydrogen-bond acceptors (Lipinski definition) is 3. The minimum absolute atomic E-state index is 0.126. The first-order valence-corrected chi connectivity index (χ1v) is 9.73. The van der Waals surface area contributed by atoms with Gasteiger partial charge in [-0.3, -0.25) is 4.79 Å². The highest BCUT2D eigenvalue weighted by Gasteiger charge is 2.31. The number of carbonyl (C=O) groups is 1. The van der Waals surface area contributed by atoms with Crippen molar-refractivity contribution in [3.05, 3.63) is 21.9 Å². The van der Waals surface area contributed by atoms with Crippen molar-refractivity contribution in [1.29, 1.82) is 0 Å². The van der Waals surface area contributed by atoms with Gasteiger partial charge < -0.3 is 15.1 Å². The third-order valence-corrected chi connectivity index (χ3v) is 5.86. The van der Waals surface area contributed by atoms with E-state index in [1.165, 1.54) is 16.9 Å². The number of hydrogen-bond donors (Lipinski definition) is 1. The second-order valence-electron chi connectivity index (χ2n) is 7.44. The van der Waals surface area contributed by atoms with E-state index in [0.717, 1.165) is 45.1 Å². The first kappa shape index (κ1) is 17.3. The Morgan fingerprint density at radius 1 is 1.38 bits per heavy atom. The van der Waals surface area contributed by atoms with Gasteiger partial charge in [0.2, 0.25) is 5.91 Å². The lowest BCUT2D eigenvalue weighted by Crippen LogP contribution is -2.42. The molecule has 5 nitrogen and oxygen atoms in total. The van der Waals surface area contributed by atoms with Gasteiger partial charge in [-0.25, -0.2) is 4.99 Å². The quantitative estimate of drug-likeness (QED) is 0.674. The van der Waals surface area contributed by atoms with Crippen LogP contribution in [0.3, 0.4) is 0 Å². The molecule has 24 heavy (non-hydrogen) atoms. The number of carbonyl (C=O) groups excluding carboxylic acids is 1. The van der Waals surface area contributed by atoms with Crippen molar-refractivity contribution >= 4 is 23.2 Å². The maximum absolute atomic E-state index is 12.6. The van der Waals surface area contributed by atoms with Gasteiger partial charge in [-0.05, 0) is 42.2 Å². The fraction of sp³-hybridized carbons (Fsp3) is 0.667. The molecule has 1 fully saturated rings. The minimum atomic E-state index is 0.126. The molecular formula is C18H28N4OS. The van der Waals surface area contributed by atoms with Gasteiger partial charge in [-0.2, -0.15) is 0 Å². The SMILES string of the molecule is CCNC(=NCC(=O)N1CCc2sccc2C1)N1CCC(C)(C)C1. The van der Waals surface area contributed by atoms with Crippen molar-refractivity contribution in [3.8, 4) is 0 Å². The van der Waals surface area contributed by atoms with Gasteiger partial charge in [0, 0.05) is 37.6 Å². The predicted molar refractivity (Wildman–Crippen MR) is 99.4 cm³/mol. The van der Waals surface area contributed by atoms with Crippen LogP contribution in [0.4, 0.5) is 0 Å². The van der Waals surface area contributed by atoms with E-state index >= 15 is 0 Å². The van der Waals surface area contributed by atoms with E-state index < -0.39 is 0 Å². The maximum Gasteiger partial charge on any atom is 0.244 e. The molecule has 0 unspecified atom stereocenters. The van der Waals surface area contributed by atoms with E-state index in [-0.39, 0.29) is 12.5 Å². The highest BCUT2D eigenvalue weighted by molar-refractivity contribution is 7.10. The molecule has 2 aliphatic heterocycles. The van der Waals surface area contributed by atoms with Gasteiger partial charge >= 0.3 is 0 Å². The first-order chi connectivity index (χ1) is 11.5. The van der Waals surface area contributed by atoms with Gasteiger partial charge in [0.25, 0.3) is 0 Å². The third-order valence-electron chi connectivity index (χ3n) is 4.84. The van der Waals surface area contributed by atoms with Crippen molar-refractivity contribution in [2.75, 3.05) is 32.7 Å². The molecule has 0 aromatic carbocycles. The Balaban J connectivity index is 1.61. The number of amides is 1. The average molecular weight is 349 g/mol. The molecule has 0 radical (unpaired) electrons. The van der Waals surface area contributed by atoms with E-state index in [9.17, 15) is 4.79 Å². The highest BCUT2D eigenvalue weighted by atomic mass is 32.1. The summed E-state index contributed by atoms with van der Waals surface area (Å²) in [5.74, 6) is 1.00. The molecule has 1 saturated heterocycles. The van der Waals surface area contributed by atoms with Crippen molar-refractivity contribution in [1.82, 2.24) is 15.1 Å². The van der Waals surface area contributed by atoms with Gasteiger partial charge in [0.15, 0.2) is 5.96 Å². The molecule has 6 heteroatoms. The van der Waals surface area contributed by atoms with Crippen LogP contribution < -0.4 is 5.32 Å². The van der Waals surface area contributed by atoms with Crippen LogP contribution in [-0.4, -0.2) is 54.4 Å². The highest BCUT2D eigenvalue weighted by Crippen LogP contribution is 2.28. The number of nitrogens with one attached hydrogen (secondary N) is 1. The minimum Gasteiger partial charge on any atom is -0.357 e. The van der Waals surface area contributed by atoms with Crippen LogP contribution in [0.15, 0.2) is 16.4 Å². The summed E-state index contributed by atoms with van der Waals surface area (Å²) >= 11 is 1.80. The standard InChI is InChI=1S/C18H28N4OS/c1-4-19-17(22-9-7-18(2,3)13-22)20-11-16(23)21-8-5-15-14(12-21)6-10-24-15/h6,10H,4-5,7-9,11-13H2,1-3H3,(H,19,20). The summed E-state index contributed by atoms with van der Waals surface area (Å²) in [6.45, 7) is 11.3. The molecule has 0 aliphatic carbocycles. The molecule has 1 aromatic heterocycles. The van der Waals surface area contributed by atoms with Crippen LogP contribution in [0.2, 0.25) is 0 Å². The third kappa shape index (κ3) is 3.91. The van der Waals surface area contributed by atoms with Crippen molar-refractivity contribution in [3.63, 3.8) is 0 Å². The zero-order chi connectivity index (χ0) is 17.2. The summed E-state index contributed by atoms with van der Waals surface area (Å²) in [6, 6.07) is 2.14. The van der Waals surface area contributed by atoms with Crippen LogP contribution in [0.5, 0.6) is 0 Å². The number of nitrogens with zero attached hydrogens (tertiary/aromatic N) is 3. The molecule has 132 valence electrons. The normalized spacial score (nSPS) is 20.2. The second kappa shape index (κ2) is 7.13. The number of fused-ring (bicyclic) bond motifs is 1. The summed E-state index contributed by atoms with van der Waals surface area (Å²) in [6.07, 6.45) is 2.14. The molecule has 0 saturated carbocycles. The fourth-order valence-electron chi connectivity index (χ4n) is 3.42. The fourth-order valence-corrected chi connectivity index (χ4v) is 4.31. The Labute approximate surface area is 148 Å². The van der Waals surface area contributed by atoms with E-state index in [1.807, 2.05) is 4.90 Å². The van der Waals surface area contributed by atoms with E-state index in [0.29, 0.717) is 5.41 Å². The lowest BCUT2D eigenvalue weighted by atomic mass is 9.93. The molecule has 3 heterocycles. The summed E-state index contributed by atoms with van der Waals surface area (Å²) in [5.41, 5.74) is 1.62. The summed E-state index contributed by atoms with van der Waals surface area (Å²) < 4.78 is 0. The van der Waals surface area contributed by atoms with Crippen molar-refractivity contribution in [2.24, 2.45) is 10.4 Å². The summed E-state index contributed by atoms with van der Waals surface area (Å²) in [5, 5.41) is 5.46. The van der Waals surface area contributed by atoms with Gasteiger partial charge in [0.1, 0.15) is 6.54 Å². The smallest absolute Gasteiger partial charge is 0.244 e.